The van der Waals surface area contributed by atoms with Gasteiger partial charge in [0.1, 0.15) is 11.6 Å². The van der Waals surface area contributed by atoms with Crippen molar-refractivity contribution in [1.82, 2.24) is 0 Å². The van der Waals surface area contributed by atoms with Crippen molar-refractivity contribution in [2.45, 2.75) is 0 Å². The van der Waals surface area contributed by atoms with Crippen LogP contribution < -0.4 is 4.90 Å². The lowest BCUT2D eigenvalue weighted by atomic mass is 10.1. The highest BCUT2D eigenvalue weighted by Gasteiger charge is 2.00. The summed E-state index contributed by atoms with van der Waals surface area (Å²) in [6, 6.07) is 9.36. The highest BCUT2D eigenvalue weighted by atomic mass is 15.1. The van der Waals surface area contributed by atoms with Gasteiger partial charge in [-0.05, 0) is 18.0 Å². The topological polar surface area (TPSA) is 50.9 Å². The molecule has 0 heterocycles. The molecule has 0 fully saturated rings. The number of rotatable bonds is 2. The molecule has 0 radical (unpaired) electrons. The Bertz CT molecular complexity index is 403. The van der Waals surface area contributed by atoms with Gasteiger partial charge in [0.25, 0.3) is 0 Å². The normalized spacial score (nSPS) is 8.64. The van der Waals surface area contributed by atoms with Gasteiger partial charge < -0.3 is 4.90 Å². The summed E-state index contributed by atoms with van der Waals surface area (Å²) in [5.74, 6) is 2.11. The summed E-state index contributed by atoms with van der Waals surface area (Å²) >= 11 is 0. The third-order valence-corrected chi connectivity index (χ3v) is 1.91. The van der Waals surface area contributed by atoms with E-state index < -0.39 is 0 Å². The van der Waals surface area contributed by atoms with Crippen LogP contribution in [0.15, 0.2) is 24.3 Å². The third-order valence-electron chi connectivity index (χ3n) is 1.91. The molecule has 0 aliphatic carbocycles. The molecule has 14 heavy (non-hydrogen) atoms. The van der Waals surface area contributed by atoms with Crippen molar-refractivity contribution in [2.24, 2.45) is 0 Å². The Balaban J connectivity index is 3.07. The van der Waals surface area contributed by atoms with Gasteiger partial charge in [0.15, 0.2) is 0 Å². The van der Waals surface area contributed by atoms with Crippen molar-refractivity contribution < 1.29 is 0 Å². The second-order valence-electron chi connectivity index (χ2n) is 3.05. The SMILES string of the molecule is CN(C)c1ccc(C(=C=N)C#N)cc1. The zero-order chi connectivity index (χ0) is 10.6. The van der Waals surface area contributed by atoms with Gasteiger partial charge in [-0.1, -0.05) is 12.1 Å². The molecule has 0 unspecified atom stereocenters. The summed E-state index contributed by atoms with van der Waals surface area (Å²) in [5.41, 5.74) is 2.06. The van der Waals surface area contributed by atoms with Crippen LogP contribution >= 0.6 is 0 Å². The summed E-state index contributed by atoms with van der Waals surface area (Å²) in [7, 11) is 3.90. The van der Waals surface area contributed by atoms with E-state index in [1.165, 1.54) is 0 Å². The van der Waals surface area contributed by atoms with Crippen molar-refractivity contribution in [3.8, 4) is 6.07 Å². The lowest BCUT2D eigenvalue weighted by Gasteiger charge is -2.11. The quantitative estimate of drug-likeness (QED) is 0.565. The molecule has 0 bridgehead atoms. The number of nitriles is 1. The number of allylic oxidation sites excluding steroid dienone is 1. The van der Waals surface area contributed by atoms with E-state index in [-0.39, 0.29) is 5.57 Å². The van der Waals surface area contributed by atoms with Crippen molar-refractivity contribution >= 4 is 17.1 Å². The van der Waals surface area contributed by atoms with Crippen LogP contribution in [0.5, 0.6) is 0 Å². The van der Waals surface area contributed by atoms with E-state index in [0.717, 1.165) is 11.3 Å². The van der Waals surface area contributed by atoms with Gasteiger partial charge in [-0.25, -0.2) is 0 Å². The summed E-state index contributed by atoms with van der Waals surface area (Å²) in [5, 5.41) is 15.6. The van der Waals surface area contributed by atoms with Gasteiger partial charge >= 0.3 is 0 Å². The fourth-order valence-electron chi connectivity index (χ4n) is 1.09. The largest absolute Gasteiger partial charge is 0.378 e. The average Bonchev–Trinajstić information content (AvgIpc) is 2.20. The van der Waals surface area contributed by atoms with Gasteiger partial charge in [0, 0.05) is 25.3 Å². The second kappa shape index (κ2) is 4.27. The van der Waals surface area contributed by atoms with Crippen LogP contribution in [0.4, 0.5) is 5.69 Å². The Labute approximate surface area is 83.4 Å². The summed E-state index contributed by atoms with van der Waals surface area (Å²) in [4.78, 5) is 1.98. The zero-order valence-electron chi connectivity index (χ0n) is 8.20. The van der Waals surface area contributed by atoms with Crippen molar-refractivity contribution in [2.75, 3.05) is 19.0 Å². The Morgan fingerprint density at radius 1 is 1.29 bits per heavy atom. The Morgan fingerprint density at radius 3 is 2.21 bits per heavy atom. The Kier molecular flexibility index (Phi) is 3.06. The Hall–Kier alpha value is -2.04. The first-order valence-corrected chi connectivity index (χ1v) is 4.16. The maximum Gasteiger partial charge on any atom is 0.120 e. The van der Waals surface area contributed by atoms with Crippen LogP contribution in [0.1, 0.15) is 5.56 Å². The van der Waals surface area contributed by atoms with Crippen LogP contribution in [-0.2, 0) is 0 Å². The zero-order valence-corrected chi connectivity index (χ0v) is 8.20. The highest BCUT2D eigenvalue weighted by molar-refractivity contribution is 5.96. The molecule has 0 saturated carbocycles. The average molecular weight is 185 g/mol. The van der Waals surface area contributed by atoms with Crippen LogP contribution in [0.25, 0.3) is 5.57 Å². The minimum absolute atomic E-state index is 0.260. The van der Waals surface area contributed by atoms with Gasteiger partial charge in [-0.2, -0.15) is 5.26 Å². The molecule has 0 aliphatic heterocycles. The first-order valence-electron chi connectivity index (χ1n) is 4.16. The van der Waals surface area contributed by atoms with Gasteiger partial charge in [0.05, 0.1) is 0 Å². The van der Waals surface area contributed by atoms with Crippen LogP contribution in [0.2, 0.25) is 0 Å². The van der Waals surface area contributed by atoms with E-state index in [2.05, 4.69) is 5.87 Å². The minimum atomic E-state index is 0.260. The molecule has 1 N–H and O–H groups in total. The first-order chi connectivity index (χ1) is 6.69. The number of nitrogens with zero attached hydrogens (tertiary/aromatic N) is 2. The van der Waals surface area contributed by atoms with Crippen molar-refractivity contribution in [3.05, 3.63) is 29.8 Å². The number of nitrogens with one attached hydrogen (secondary N) is 1. The lowest BCUT2D eigenvalue weighted by molar-refractivity contribution is 1.13. The van der Waals surface area contributed by atoms with Crippen molar-refractivity contribution in [1.29, 1.82) is 10.7 Å². The number of anilines is 1. The fraction of sp³-hybridized carbons (Fsp3) is 0.182. The maximum absolute atomic E-state index is 8.68. The molecular formula is C11H11N3. The van der Waals surface area contributed by atoms with Gasteiger partial charge in [-0.15, -0.1) is 0 Å². The van der Waals surface area contributed by atoms with Crippen LogP contribution in [0.3, 0.4) is 0 Å². The lowest BCUT2D eigenvalue weighted by Crippen LogP contribution is -2.08. The van der Waals surface area contributed by atoms with Crippen molar-refractivity contribution in [3.63, 3.8) is 0 Å². The van der Waals surface area contributed by atoms with Gasteiger partial charge in [0.2, 0.25) is 0 Å². The summed E-state index contributed by atoms with van der Waals surface area (Å²) in [6.07, 6.45) is 0. The van der Waals surface area contributed by atoms with E-state index in [1.54, 1.807) is 0 Å². The van der Waals surface area contributed by atoms with E-state index in [0.29, 0.717) is 0 Å². The van der Waals surface area contributed by atoms with Crippen LogP contribution in [-0.4, -0.2) is 20.0 Å². The molecule has 0 atom stereocenters. The molecular weight excluding hydrogens is 174 g/mol. The second-order valence-corrected chi connectivity index (χ2v) is 3.05. The first kappa shape index (κ1) is 10.0. The highest BCUT2D eigenvalue weighted by Crippen LogP contribution is 2.16. The molecule has 0 spiro atoms. The van der Waals surface area contributed by atoms with E-state index in [9.17, 15) is 0 Å². The van der Waals surface area contributed by atoms with E-state index in [4.69, 9.17) is 10.7 Å². The molecule has 0 amide bonds. The number of hydrogen-bond acceptors (Lipinski definition) is 3. The number of hydrogen-bond donors (Lipinski definition) is 1. The predicted octanol–water partition coefficient (Wildman–Crippen LogP) is 1.91. The smallest absolute Gasteiger partial charge is 0.120 e. The molecule has 1 aromatic carbocycles. The van der Waals surface area contributed by atoms with E-state index >= 15 is 0 Å². The summed E-state index contributed by atoms with van der Waals surface area (Å²) in [6.45, 7) is 0. The predicted molar refractivity (Wildman–Crippen MR) is 57.5 cm³/mol. The molecule has 3 nitrogen and oxygen atoms in total. The molecule has 1 aromatic rings. The molecule has 0 saturated heterocycles. The van der Waals surface area contributed by atoms with Gasteiger partial charge in [-0.3, -0.25) is 5.41 Å². The molecule has 0 aliphatic rings. The third kappa shape index (κ3) is 2.01. The summed E-state index contributed by atoms with van der Waals surface area (Å²) < 4.78 is 0. The molecule has 70 valence electrons. The monoisotopic (exact) mass is 185 g/mol. The molecule has 1 rings (SSSR count). The molecule has 0 aromatic heterocycles. The minimum Gasteiger partial charge on any atom is -0.378 e. The van der Waals surface area contributed by atoms with E-state index in [1.807, 2.05) is 49.3 Å². The number of benzene rings is 1. The standard InChI is InChI=1S/C11H11N3/c1-14(2)11-5-3-9(4-6-11)10(7-12)8-13/h3-6,12H,1-2H3. The van der Waals surface area contributed by atoms with Crippen LogP contribution in [0, 0.1) is 16.7 Å². The maximum atomic E-state index is 8.68. The fourth-order valence-corrected chi connectivity index (χ4v) is 1.09. The Morgan fingerprint density at radius 2 is 1.86 bits per heavy atom. The molecule has 3 heteroatoms.